The van der Waals surface area contributed by atoms with E-state index in [1.807, 2.05) is 0 Å². The molecule has 0 bridgehead atoms. The van der Waals surface area contributed by atoms with Crippen LogP contribution in [-0.4, -0.2) is 0 Å². The Labute approximate surface area is 128 Å². The quantitative estimate of drug-likeness (QED) is 0.764. The first-order valence-electron chi connectivity index (χ1n) is 7.86. The topological polar surface area (TPSA) is 9.23 Å². The lowest BCUT2D eigenvalue weighted by Crippen LogP contribution is -2.10. The van der Waals surface area contributed by atoms with Gasteiger partial charge in [-0.05, 0) is 59.1 Å². The summed E-state index contributed by atoms with van der Waals surface area (Å²) < 4.78 is 5.92. The van der Waals surface area contributed by atoms with Crippen molar-refractivity contribution < 1.29 is 4.74 Å². The zero-order chi connectivity index (χ0) is 14.9. The third kappa shape index (κ3) is 3.29. The van der Waals surface area contributed by atoms with E-state index in [4.69, 9.17) is 4.74 Å². The van der Waals surface area contributed by atoms with Crippen molar-refractivity contribution >= 4 is 0 Å². The summed E-state index contributed by atoms with van der Waals surface area (Å²) in [6.07, 6.45) is 3.77. The van der Waals surface area contributed by atoms with Crippen LogP contribution in [0.1, 0.15) is 49.4 Å². The minimum Gasteiger partial charge on any atom is -0.489 e. The predicted octanol–water partition coefficient (Wildman–Crippen LogP) is 5.05. The number of benzene rings is 2. The minimum absolute atomic E-state index is 0.193. The van der Waals surface area contributed by atoms with Crippen LogP contribution in [0.25, 0.3) is 0 Å². The Hall–Kier alpha value is -1.76. The summed E-state index contributed by atoms with van der Waals surface area (Å²) in [7, 11) is 0. The molecule has 0 aromatic heterocycles. The predicted molar refractivity (Wildman–Crippen MR) is 87.9 cm³/mol. The monoisotopic (exact) mass is 280 g/mol. The Morgan fingerprint density at radius 1 is 0.905 bits per heavy atom. The lowest BCUT2D eigenvalue weighted by molar-refractivity contribution is 0.306. The molecule has 2 aromatic rings. The average molecular weight is 280 g/mol. The normalized spacial score (nSPS) is 14.0. The Morgan fingerprint density at radius 3 is 2.33 bits per heavy atom. The molecule has 0 spiro atoms. The molecule has 0 unspecified atom stereocenters. The van der Waals surface area contributed by atoms with Gasteiger partial charge in [-0.25, -0.2) is 0 Å². The molecule has 1 aliphatic carbocycles. The number of aryl methyl sites for hydroxylation is 2. The average Bonchev–Trinajstić information content (AvgIpc) is 2.92. The number of rotatable bonds is 3. The van der Waals surface area contributed by atoms with Gasteiger partial charge >= 0.3 is 0 Å². The molecule has 1 heteroatoms. The first-order valence-corrected chi connectivity index (χ1v) is 7.86. The summed E-state index contributed by atoms with van der Waals surface area (Å²) in [6, 6.07) is 15.3. The molecule has 0 heterocycles. The van der Waals surface area contributed by atoms with Gasteiger partial charge in [-0.15, -0.1) is 0 Å². The molecule has 0 atom stereocenters. The van der Waals surface area contributed by atoms with Crippen molar-refractivity contribution in [1.82, 2.24) is 0 Å². The molecule has 0 N–H and O–H groups in total. The molecular weight excluding hydrogens is 256 g/mol. The smallest absolute Gasteiger partial charge is 0.119 e. The maximum atomic E-state index is 5.92. The first-order chi connectivity index (χ1) is 10.0. The van der Waals surface area contributed by atoms with Gasteiger partial charge in [0.1, 0.15) is 12.4 Å². The van der Waals surface area contributed by atoms with Crippen molar-refractivity contribution in [2.45, 2.75) is 52.1 Å². The van der Waals surface area contributed by atoms with Gasteiger partial charge in [-0.3, -0.25) is 0 Å². The van der Waals surface area contributed by atoms with Crippen LogP contribution >= 0.6 is 0 Å². The molecule has 1 nitrogen and oxygen atoms in total. The number of hydrogen-bond acceptors (Lipinski definition) is 1. The van der Waals surface area contributed by atoms with E-state index < -0.39 is 0 Å². The summed E-state index contributed by atoms with van der Waals surface area (Å²) in [5.41, 5.74) is 5.84. The second kappa shape index (κ2) is 5.55. The summed E-state index contributed by atoms with van der Waals surface area (Å²) in [5, 5.41) is 0. The van der Waals surface area contributed by atoms with Crippen LogP contribution in [0.15, 0.2) is 42.5 Å². The van der Waals surface area contributed by atoms with E-state index in [0.717, 1.165) is 5.75 Å². The fraction of sp³-hybridized carbons (Fsp3) is 0.400. The minimum atomic E-state index is 0.193. The lowest BCUT2D eigenvalue weighted by atomic mass is 9.87. The SMILES string of the molecule is CC(C)(C)c1ccc(OCc2ccc3c(c2)CCC3)cc1. The van der Waals surface area contributed by atoms with Gasteiger partial charge in [0.25, 0.3) is 0 Å². The van der Waals surface area contributed by atoms with E-state index in [1.165, 1.54) is 41.5 Å². The van der Waals surface area contributed by atoms with E-state index in [-0.39, 0.29) is 5.41 Å². The van der Waals surface area contributed by atoms with Gasteiger partial charge in [0.15, 0.2) is 0 Å². The van der Waals surface area contributed by atoms with Gasteiger partial charge in [0.2, 0.25) is 0 Å². The maximum Gasteiger partial charge on any atom is 0.119 e. The molecule has 3 rings (SSSR count). The maximum absolute atomic E-state index is 5.92. The third-order valence-corrected chi connectivity index (χ3v) is 4.29. The van der Waals surface area contributed by atoms with E-state index in [9.17, 15) is 0 Å². The summed E-state index contributed by atoms with van der Waals surface area (Å²) in [4.78, 5) is 0. The van der Waals surface area contributed by atoms with Crippen molar-refractivity contribution in [3.63, 3.8) is 0 Å². The highest BCUT2D eigenvalue weighted by Gasteiger charge is 2.13. The molecule has 0 saturated carbocycles. The summed E-state index contributed by atoms with van der Waals surface area (Å²) >= 11 is 0. The molecule has 0 aliphatic heterocycles. The van der Waals surface area contributed by atoms with E-state index in [0.29, 0.717) is 6.61 Å². The van der Waals surface area contributed by atoms with Crippen molar-refractivity contribution in [1.29, 1.82) is 0 Å². The second-order valence-electron chi connectivity index (χ2n) is 7.02. The zero-order valence-electron chi connectivity index (χ0n) is 13.3. The van der Waals surface area contributed by atoms with Crippen molar-refractivity contribution in [3.05, 3.63) is 64.7 Å². The zero-order valence-corrected chi connectivity index (χ0v) is 13.3. The highest BCUT2D eigenvalue weighted by molar-refractivity contribution is 5.36. The number of ether oxygens (including phenoxy) is 1. The molecule has 0 fully saturated rings. The van der Waals surface area contributed by atoms with Crippen LogP contribution in [-0.2, 0) is 24.9 Å². The standard InChI is InChI=1S/C20H24O/c1-20(2,3)18-9-11-19(12-10-18)21-14-15-7-8-16-5-4-6-17(16)13-15/h7-13H,4-6,14H2,1-3H3. The summed E-state index contributed by atoms with van der Waals surface area (Å²) in [6.45, 7) is 7.34. The Kier molecular flexibility index (Phi) is 3.75. The van der Waals surface area contributed by atoms with E-state index in [1.54, 1.807) is 0 Å². The fourth-order valence-electron chi connectivity index (χ4n) is 2.93. The van der Waals surface area contributed by atoms with E-state index in [2.05, 4.69) is 63.2 Å². The van der Waals surface area contributed by atoms with Crippen molar-refractivity contribution in [2.24, 2.45) is 0 Å². The largest absolute Gasteiger partial charge is 0.489 e. The Balaban J connectivity index is 1.65. The van der Waals surface area contributed by atoms with Crippen LogP contribution < -0.4 is 4.74 Å². The van der Waals surface area contributed by atoms with Crippen molar-refractivity contribution in [2.75, 3.05) is 0 Å². The molecule has 21 heavy (non-hydrogen) atoms. The highest BCUT2D eigenvalue weighted by atomic mass is 16.5. The molecule has 110 valence electrons. The Morgan fingerprint density at radius 2 is 1.62 bits per heavy atom. The number of fused-ring (bicyclic) bond motifs is 1. The molecule has 2 aromatic carbocycles. The first kappa shape index (κ1) is 14.2. The van der Waals surface area contributed by atoms with Gasteiger partial charge < -0.3 is 4.74 Å². The van der Waals surface area contributed by atoms with Gasteiger partial charge in [0, 0.05) is 0 Å². The van der Waals surface area contributed by atoms with Gasteiger partial charge in [-0.1, -0.05) is 51.1 Å². The van der Waals surface area contributed by atoms with Crippen LogP contribution in [0.4, 0.5) is 0 Å². The lowest BCUT2D eigenvalue weighted by Gasteiger charge is -2.19. The third-order valence-electron chi connectivity index (χ3n) is 4.29. The van der Waals surface area contributed by atoms with Crippen LogP contribution in [0.3, 0.4) is 0 Å². The van der Waals surface area contributed by atoms with Gasteiger partial charge in [0.05, 0.1) is 0 Å². The second-order valence-corrected chi connectivity index (χ2v) is 7.02. The summed E-state index contributed by atoms with van der Waals surface area (Å²) in [5.74, 6) is 0.948. The Bertz CT molecular complexity index is 617. The van der Waals surface area contributed by atoms with E-state index >= 15 is 0 Å². The molecule has 0 radical (unpaired) electrons. The molecular formula is C20H24O. The highest BCUT2D eigenvalue weighted by Crippen LogP contribution is 2.26. The molecule has 0 amide bonds. The fourth-order valence-corrected chi connectivity index (χ4v) is 2.93. The molecule has 0 saturated heterocycles. The van der Waals surface area contributed by atoms with Crippen molar-refractivity contribution in [3.8, 4) is 5.75 Å². The van der Waals surface area contributed by atoms with Crippen LogP contribution in [0, 0.1) is 0 Å². The molecule has 1 aliphatic rings. The van der Waals surface area contributed by atoms with Crippen LogP contribution in [0.5, 0.6) is 5.75 Å². The number of hydrogen-bond donors (Lipinski definition) is 0. The van der Waals surface area contributed by atoms with Crippen LogP contribution in [0.2, 0.25) is 0 Å². The van der Waals surface area contributed by atoms with Gasteiger partial charge in [-0.2, -0.15) is 0 Å².